The zero-order valence-electron chi connectivity index (χ0n) is 12.9. The summed E-state index contributed by atoms with van der Waals surface area (Å²) in [6, 6.07) is 9.90. The van der Waals surface area contributed by atoms with Gasteiger partial charge in [0.2, 0.25) is 0 Å². The van der Waals surface area contributed by atoms with E-state index in [9.17, 15) is 9.90 Å². The SMILES string of the molecule is CCC[C@@H](c1ccccc1)[C@@H](O)COC(=O)C(C)(C)C. The summed E-state index contributed by atoms with van der Waals surface area (Å²) in [6.07, 6.45) is 1.19. The zero-order valence-corrected chi connectivity index (χ0v) is 12.9. The van der Waals surface area contributed by atoms with E-state index in [1.165, 1.54) is 0 Å². The quantitative estimate of drug-likeness (QED) is 0.810. The number of benzene rings is 1. The van der Waals surface area contributed by atoms with Gasteiger partial charge in [0.15, 0.2) is 0 Å². The lowest BCUT2D eigenvalue weighted by Crippen LogP contribution is -2.30. The largest absolute Gasteiger partial charge is 0.463 e. The molecule has 1 N–H and O–H groups in total. The van der Waals surface area contributed by atoms with Crippen LogP contribution >= 0.6 is 0 Å². The molecule has 1 aromatic rings. The summed E-state index contributed by atoms with van der Waals surface area (Å²) in [4.78, 5) is 11.8. The second-order valence-corrected chi connectivity index (χ2v) is 6.22. The van der Waals surface area contributed by atoms with Crippen LogP contribution in [0.25, 0.3) is 0 Å². The van der Waals surface area contributed by atoms with Crippen LogP contribution in [0.5, 0.6) is 0 Å². The van der Waals surface area contributed by atoms with Gasteiger partial charge in [-0.05, 0) is 32.8 Å². The third-order valence-electron chi connectivity index (χ3n) is 3.29. The molecule has 20 heavy (non-hydrogen) atoms. The van der Waals surface area contributed by atoms with Crippen molar-refractivity contribution in [2.45, 2.75) is 52.6 Å². The van der Waals surface area contributed by atoms with Gasteiger partial charge in [-0.2, -0.15) is 0 Å². The van der Waals surface area contributed by atoms with Crippen molar-refractivity contribution in [1.29, 1.82) is 0 Å². The van der Waals surface area contributed by atoms with E-state index in [4.69, 9.17) is 4.74 Å². The monoisotopic (exact) mass is 278 g/mol. The average molecular weight is 278 g/mol. The van der Waals surface area contributed by atoms with Crippen LogP contribution in [0.3, 0.4) is 0 Å². The Balaban J connectivity index is 2.66. The molecule has 3 nitrogen and oxygen atoms in total. The number of hydrogen-bond acceptors (Lipinski definition) is 3. The predicted octanol–water partition coefficient (Wildman–Crippen LogP) is 3.52. The van der Waals surface area contributed by atoms with Gasteiger partial charge in [0.05, 0.1) is 11.5 Å². The van der Waals surface area contributed by atoms with Crippen molar-refractivity contribution in [3.05, 3.63) is 35.9 Å². The summed E-state index contributed by atoms with van der Waals surface area (Å²) in [5, 5.41) is 10.3. The maximum Gasteiger partial charge on any atom is 0.311 e. The molecule has 0 aliphatic carbocycles. The summed E-state index contributed by atoms with van der Waals surface area (Å²) >= 11 is 0. The fraction of sp³-hybridized carbons (Fsp3) is 0.588. The van der Waals surface area contributed by atoms with E-state index in [0.29, 0.717) is 0 Å². The van der Waals surface area contributed by atoms with Crippen LogP contribution in [0, 0.1) is 5.41 Å². The lowest BCUT2D eigenvalue weighted by atomic mass is 9.89. The van der Waals surface area contributed by atoms with E-state index < -0.39 is 11.5 Å². The van der Waals surface area contributed by atoms with E-state index in [-0.39, 0.29) is 18.5 Å². The number of carbonyl (C=O) groups is 1. The standard InChI is InChI=1S/C17H26O3/c1-5-9-14(13-10-7-6-8-11-13)15(18)12-20-16(19)17(2,3)4/h6-8,10-11,14-15,18H,5,9,12H2,1-4H3/t14-,15-/m0/s1. The summed E-state index contributed by atoms with van der Waals surface area (Å²) in [5.74, 6) is -0.270. The number of esters is 1. The number of aliphatic hydroxyl groups excluding tert-OH is 1. The third-order valence-corrected chi connectivity index (χ3v) is 3.29. The highest BCUT2D eigenvalue weighted by Gasteiger charge is 2.26. The van der Waals surface area contributed by atoms with Crippen LogP contribution < -0.4 is 0 Å². The smallest absolute Gasteiger partial charge is 0.311 e. The predicted molar refractivity (Wildman–Crippen MR) is 80.5 cm³/mol. The van der Waals surface area contributed by atoms with Crippen molar-refractivity contribution < 1.29 is 14.6 Å². The fourth-order valence-electron chi connectivity index (χ4n) is 2.09. The molecule has 0 amide bonds. The molecule has 0 saturated carbocycles. The highest BCUT2D eigenvalue weighted by molar-refractivity contribution is 5.75. The Bertz CT molecular complexity index is 406. The summed E-state index contributed by atoms with van der Waals surface area (Å²) in [6.45, 7) is 7.56. The summed E-state index contributed by atoms with van der Waals surface area (Å²) in [7, 11) is 0. The maximum absolute atomic E-state index is 11.8. The second-order valence-electron chi connectivity index (χ2n) is 6.22. The van der Waals surface area contributed by atoms with Crippen LogP contribution in [-0.4, -0.2) is 23.8 Å². The molecular formula is C17H26O3. The van der Waals surface area contributed by atoms with Gasteiger partial charge in [0.1, 0.15) is 6.61 Å². The first-order valence-electron chi connectivity index (χ1n) is 7.26. The summed E-state index contributed by atoms with van der Waals surface area (Å²) in [5.41, 5.74) is 0.556. The lowest BCUT2D eigenvalue weighted by Gasteiger charge is -2.24. The lowest BCUT2D eigenvalue weighted by molar-refractivity contribution is -0.156. The van der Waals surface area contributed by atoms with Crippen LogP contribution in [-0.2, 0) is 9.53 Å². The zero-order chi connectivity index (χ0) is 15.2. The molecule has 0 fully saturated rings. The van der Waals surface area contributed by atoms with Crippen LogP contribution in [0.1, 0.15) is 52.0 Å². The van der Waals surface area contributed by atoms with Gasteiger partial charge in [-0.1, -0.05) is 43.7 Å². The maximum atomic E-state index is 11.8. The Hall–Kier alpha value is -1.35. The molecule has 0 bridgehead atoms. The van der Waals surface area contributed by atoms with E-state index in [0.717, 1.165) is 18.4 Å². The number of hydrogen-bond donors (Lipinski definition) is 1. The number of rotatable bonds is 6. The molecule has 0 aliphatic heterocycles. The molecule has 0 spiro atoms. The normalized spacial score (nSPS) is 14.7. The van der Waals surface area contributed by atoms with Gasteiger partial charge in [-0.25, -0.2) is 0 Å². The Labute approximate surface area is 122 Å². The fourth-order valence-corrected chi connectivity index (χ4v) is 2.09. The number of carbonyl (C=O) groups excluding carboxylic acids is 1. The van der Waals surface area contributed by atoms with Crippen molar-refractivity contribution in [3.8, 4) is 0 Å². The van der Waals surface area contributed by atoms with Gasteiger partial charge >= 0.3 is 5.97 Å². The van der Waals surface area contributed by atoms with Gasteiger partial charge in [-0.3, -0.25) is 4.79 Å². The first-order chi connectivity index (χ1) is 9.36. The molecule has 0 heterocycles. The van der Waals surface area contributed by atoms with Crippen LogP contribution in [0.2, 0.25) is 0 Å². The molecule has 2 atom stereocenters. The highest BCUT2D eigenvalue weighted by atomic mass is 16.5. The topological polar surface area (TPSA) is 46.5 Å². The molecular weight excluding hydrogens is 252 g/mol. The molecule has 112 valence electrons. The first-order valence-corrected chi connectivity index (χ1v) is 7.26. The van der Waals surface area contributed by atoms with Gasteiger partial charge < -0.3 is 9.84 Å². The summed E-state index contributed by atoms with van der Waals surface area (Å²) < 4.78 is 5.23. The number of ether oxygens (including phenoxy) is 1. The van der Waals surface area contributed by atoms with Crippen molar-refractivity contribution >= 4 is 5.97 Å². The Morgan fingerprint density at radius 1 is 1.25 bits per heavy atom. The Morgan fingerprint density at radius 2 is 1.85 bits per heavy atom. The molecule has 0 aromatic heterocycles. The molecule has 3 heteroatoms. The molecule has 0 saturated heterocycles. The van der Waals surface area contributed by atoms with Crippen molar-refractivity contribution in [3.63, 3.8) is 0 Å². The van der Waals surface area contributed by atoms with Crippen molar-refractivity contribution in [2.75, 3.05) is 6.61 Å². The molecule has 0 unspecified atom stereocenters. The van der Waals surface area contributed by atoms with Crippen LogP contribution in [0.15, 0.2) is 30.3 Å². The molecule has 0 aliphatic rings. The minimum absolute atomic E-state index is 0.00830. The minimum Gasteiger partial charge on any atom is -0.463 e. The third kappa shape index (κ3) is 4.97. The molecule has 1 aromatic carbocycles. The van der Waals surface area contributed by atoms with Crippen molar-refractivity contribution in [1.82, 2.24) is 0 Å². The Morgan fingerprint density at radius 3 is 2.35 bits per heavy atom. The second kappa shape index (κ2) is 7.44. The van der Waals surface area contributed by atoms with Gasteiger partial charge in [-0.15, -0.1) is 0 Å². The van der Waals surface area contributed by atoms with Crippen molar-refractivity contribution in [2.24, 2.45) is 5.41 Å². The average Bonchev–Trinajstić information content (AvgIpc) is 2.41. The Kier molecular flexibility index (Phi) is 6.21. The van der Waals surface area contributed by atoms with Crippen LogP contribution in [0.4, 0.5) is 0 Å². The van der Waals surface area contributed by atoms with E-state index in [1.807, 2.05) is 51.1 Å². The van der Waals surface area contributed by atoms with Gasteiger partial charge in [0.25, 0.3) is 0 Å². The van der Waals surface area contributed by atoms with E-state index in [1.54, 1.807) is 0 Å². The minimum atomic E-state index is -0.663. The first kappa shape index (κ1) is 16.7. The molecule has 0 radical (unpaired) electrons. The highest BCUT2D eigenvalue weighted by Crippen LogP contribution is 2.26. The van der Waals surface area contributed by atoms with Gasteiger partial charge in [0, 0.05) is 5.92 Å². The number of aliphatic hydroxyl groups is 1. The van der Waals surface area contributed by atoms with E-state index in [2.05, 4.69) is 6.92 Å². The molecule has 1 rings (SSSR count). The van der Waals surface area contributed by atoms with E-state index >= 15 is 0 Å².